The van der Waals surface area contributed by atoms with Crippen LogP contribution in [0.3, 0.4) is 0 Å². The number of anilines is 1. The zero-order valence-electron chi connectivity index (χ0n) is 19.3. The Bertz CT molecular complexity index is 1050. The number of aryl methyl sites for hydroxylation is 1. The normalized spacial score (nSPS) is 23.2. The van der Waals surface area contributed by atoms with Crippen molar-refractivity contribution < 1.29 is 14.4 Å². The summed E-state index contributed by atoms with van der Waals surface area (Å²) < 4.78 is 1.86. The van der Waals surface area contributed by atoms with Crippen molar-refractivity contribution in [2.45, 2.75) is 50.9 Å². The summed E-state index contributed by atoms with van der Waals surface area (Å²) in [6.07, 6.45) is 7.85. The molecule has 4 heterocycles. The summed E-state index contributed by atoms with van der Waals surface area (Å²) in [5.41, 5.74) is 3.00. The molecule has 176 valence electrons. The van der Waals surface area contributed by atoms with E-state index in [4.69, 9.17) is 0 Å². The lowest BCUT2D eigenvalue weighted by atomic mass is 9.83. The number of aromatic nitrogens is 2. The molecular weight excluding hydrogens is 418 g/mol. The second-order valence-electron chi connectivity index (χ2n) is 9.96. The van der Waals surface area contributed by atoms with Crippen LogP contribution >= 0.6 is 0 Å². The number of benzene rings is 1. The third-order valence-corrected chi connectivity index (χ3v) is 7.88. The Hall–Kier alpha value is -2.90. The standard InChI is InChI=1S/C25H33N5O3/c1-28-22-15-19(2-3-20(22)24(27-28)21-4-5-23(32)26-25(21)33)30-12-8-18(9-13-30)14-17-6-10-29(16-31)11-7-17/h2-3,15-18,21H,4-14H2,1H3,(H,26,32,33). The fraction of sp³-hybridized carbons (Fsp3) is 0.600. The number of fused-ring (bicyclic) bond motifs is 1. The fourth-order valence-electron chi connectivity index (χ4n) is 5.87. The molecule has 1 aromatic carbocycles. The van der Waals surface area contributed by atoms with E-state index in [0.29, 0.717) is 12.8 Å². The van der Waals surface area contributed by atoms with E-state index in [0.717, 1.165) is 73.9 Å². The summed E-state index contributed by atoms with van der Waals surface area (Å²) >= 11 is 0. The molecule has 3 amide bonds. The van der Waals surface area contributed by atoms with E-state index in [1.807, 2.05) is 16.6 Å². The van der Waals surface area contributed by atoms with Crippen molar-refractivity contribution in [3.63, 3.8) is 0 Å². The minimum Gasteiger partial charge on any atom is -0.371 e. The molecule has 0 aliphatic carbocycles. The lowest BCUT2D eigenvalue weighted by Crippen LogP contribution is -2.39. The van der Waals surface area contributed by atoms with E-state index in [9.17, 15) is 14.4 Å². The predicted molar refractivity (Wildman–Crippen MR) is 126 cm³/mol. The Balaban J connectivity index is 1.23. The van der Waals surface area contributed by atoms with Crippen molar-refractivity contribution in [3.05, 3.63) is 23.9 Å². The maximum atomic E-state index is 12.4. The summed E-state index contributed by atoms with van der Waals surface area (Å²) in [7, 11) is 1.92. The van der Waals surface area contributed by atoms with Crippen molar-refractivity contribution in [1.29, 1.82) is 0 Å². The van der Waals surface area contributed by atoms with E-state index in [1.165, 1.54) is 24.9 Å². The Morgan fingerprint density at radius 1 is 1.03 bits per heavy atom. The van der Waals surface area contributed by atoms with Crippen LogP contribution in [0, 0.1) is 11.8 Å². The topological polar surface area (TPSA) is 87.5 Å². The molecule has 3 fully saturated rings. The second kappa shape index (κ2) is 9.15. The zero-order valence-corrected chi connectivity index (χ0v) is 19.3. The molecule has 8 nitrogen and oxygen atoms in total. The Morgan fingerprint density at radius 3 is 2.39 bits per heavy atom. The van der Waals surface area contributed by atoms with Crippen molar-refractivity contribution in [3.8, 4) is 0 Å². The molecular formula is C25H33N5O3. The minimum atomic E-state index is -0.369. The van der Waals surface area contributed by atoms with Crippen molar-refractivity contribution in [2.24, 2.45) is 18.9 Å². The zero-order chi connectivity index (χ0) is 22.9. The average Bonchev–Trinajstić information content (AvgIpc) is 3.15. The average molecular weight is 452 g/mol. The lowest BCUT2D eigenvalue weighted by molar-refractivity contribution is -0.134. The molecule has 1 atom stereocenters. The third kappa shape index (κ3) is 4.48. The molecule has 5 rings (SSSR count). The van der Waals surface area contributed by atoms with Crippen LogP contribution in [-0.4, -0.2) is 59.1 Å². The van der Waals surface area contributed by atoms with Crippen LogP contribution in [-0.2, 0) is 21.4 Å². The van der Waals surface area contributed by atoms with Crippen molar-refractivity contribution in [1.82, 2.24) is 20.0 Å². The van der Waals surface area contributed by atoms with Crippen LogP contribution in [0.4, 0.5) is 5.69 Å². The van der Waals surface area contributed by atoms with E-state index in [2.05, 4.69) is 33.5 Å². The summed E-state index contributed by atoms with van der Waals surface area (Å²) in [5.74, 6) is 0.720. The fourth-order valence-corrected chi connectivity index (χ4v) is 5.87. The lowest BCUT2D eigenvalue weighted by Gasteiger charge is -2.37. The van der Waals surface area contributed by atoms with Gasteiger partial charge in [-0.05, 0) is 68.6 Å². The van der Waals surface area contributed by atoms with Gasteiger partial charge in [-0.25, -0.2) is 0 Å². The van der Waals surface area contributed by atoms with Gasteiger partial charge < -0.3 is 9.80 Å². The quantitative estimate of drug-likeness (QED) is 0.558. The first-order valence-corrected chi connectivity index (χ1v) is 12.3. The molecule has 0 bridgehead atoms. The van der Waals surface area contributed by atoms with Crippen LogP contribution in [0.5, 0.6) is 0 Å². The van der Waals surface area contributed by atoms with Crippen molar-refractivity contribution >= 4 is 34.8 Å². The van der Waals surface area contributed by atoms with Gasteiger partial charge in [0.05, 0.1) is 17.1 Å². The van der Waals surface area contributed by atoms with Gasteiger partial charge in [0.15, 0.2) is 0 Å². The first kappa shape index (κ1) is 21.9. The van der Waals surface area contributed by atoms with Gasteiger partial charge >= 0.3 is 0 Å². The third-order valence-electron chi connectivity index (χ3n) is 7.88. The smallest absolute Gasteiger partial charge is 0.235 e. The van der Waals surface area contributed by atoms with E-state index in [-0.39, 0.29) is 17.7 Å². The monoisotopic (exact) mass is 451 g/mol. The second-order valence-corrected chi connectivity index (χ2v) is 9.96. The molecule has 3 aliphatic heterocycles. The SMILES string of the molecule is Cn1nc(C2CCC(=O)NC2=O)c2ccc(N3CCC(CC4CCN(C=O)CC4)CC3)cc21. The Kier molecular flexibility index (Phi) is 6.08. The van der Waals surface area contributed by atoms with Gasteiger partial charge in [0, 0.05) is 50.7 Å². The van der Waals surface area contributed by atoms with Crippen LogP contribution < -0.4 is 10.2 Å². The number of hydrogen-bond acceptors (Lipinski definition) is 5. The van der Waals surface area contributed by atoms with Gasteiger partial charge in [-0.2, -0.15) is 5.10 Å². The van der Waals surface area contributed by atoms with Crippen LogP contribution in [0.15, 0.2) is 18.2 Å². The first-order valence-electron chi connectivity index (χ1n) is 12.3. The number of carbonyl (C=O) groups excluding carboxylic acids is 3. The molecule has 33 heavy (non-hydrogen) atoms. The number of rotatable bonds is 5. The number of piperidine rings is 3. The highest BCUT2D eigenvalue weighted by molar-refractivity contribution is 6.02. The largest absolute Gasteiger partial charge is 0.371 e. The molecule has 1 N–H and O–H groups in total. The summed E-state index contributed by atoms with van der Waals surface area (Å²) in [4.78, 5) is 39.2. The molecule has 0 radical (unpaired) electrons. The minimum absolute atomic E-state index is 0.200. The van der Waals surface area contributed by atoms with E-state index >= 15 is 0 Å². The van der Waals surface area contributed by atoms with Gasteiger partial charge in [0.1, 0.15) is 0 Å². The number of nitrogens with zero attached hydrogens (tertiary/aromatic N) is 4. The van der Waals surface area contributed by atoms with Crippen LogP contribution in [0.25, 0.3) is 10.9 Å². The predicted octanol–water partition coefficient (Wildman–Crippen LogP) is 2.57. The van der Waals surface area contributed by atoms with Gasteiger partial charge in [-0.1, -0.05) is 0 Å². The highest BCUT2D eigenvalue weighted by Crippen LogP contribution is 2.35. The molecule has 3 aliphatic rings. The maximum Gasteiger partial charge on any atom is 0.235 e. The Labute approximate surface area is 194 Å². The molecule has 2 aromatic rings. The molecule has 3 saturated heterocycles. The number of likely N-dealkylation sites (tertiary alicyclic amines) is 1. The Morgan fingerprint density at radius 2 is 1.73 bits per heavy atom. The maximum absolute atomic E-state index is 12.4. The molecule has 0 spiro atoms. The van der Waals surface area contributed by atoms with Crippen molar-refractivity contribution in [2.75, 3.05) is 31.1 Å². The summed E-state index contributed by atoms with van der Waals surface area (Å²) in [5, 5.41) is 8.11. The van der Waals surface area contributed by atoms with E-state index in [1.54, 1.807) is 0 Å². The van der Waals surface area contributed by atoms with Crippen LogP contribution in [0.2, 0.25) is 0 Å². The van der Waals surface area contributed by atoms with Gasteiger partial charge in [0.2, 0.25) is 18.2 Å². The number of carbonyl (C=O) groups is 3. The number of hydrogen-bond donors (Lipinski definition) is 1. The van der Waals surface area contributed by atoms with E-state index < -0.39 is 0 Å². The number of imide groups is 1. The molecule has 1 aromatic heterocycles. The molecule has 8 heteroatoms. The highest BCUT2D eigenvalue weighted by Gasteiger charge is 2.32. The number of nitrogens with one attached hydrogen (secondary N) is 1. The van der Waals surface area contributed by atoms with Gasteiger partial charge in [-0.3, -0.25) is 24.4 Å². The first-order chi connectivity index (χ1) is 16.0. The molecule has 0 saturated carbocycles. The van der Waals surface area contributed by atoms with Crippen LogP contribution in [0.1, 0.15) is 56.6 Å². The van der Waals surface area contributed by atoms with Gasteiger partial charge in [0.25, 0.3) is 0 Å². The van der Waals surface area contributed by atoms with Gasteiger partial charge in [-0.15, -0.1) is 0 Å². The summed E-state index contributed by atoms with van der Waals surface area (Å²) in [6, 6.07) is 6.42. The summed E-state index contributed by atoms with van der Waals surface area (Å²) in [6.45, 7) is 3.94. The highest BCUT2D eigenvalue weighted by atomic mass is 16.2. The number of amides is 3. The molecule has 1 unspecified atom stereocenters.